The fraction of sp³-hybridized carbons (Fsp3) is 0.440. The van der Waals surface area contributed by atoms with Gasteiger partial charge >= 0.3 is 0 Å². The van der Waals surface area contributed by atoms with Crippen LogP contribution in [0.3, 0.4) is 0 Å². The first-order valence-corrected chi connectivity index (χ1v) is 11.5. The van der Waals surface area contributed by atoms with E-state index >= 15 is 0 Å². The van der Waals surface area contributed by atoms with E-state index in [1.807, 2.05) is 43.4 Å². The Morgan fingerprint density at radius 3 is 2.44 bits per heavy atom. The van der Waals surface area contributed by atoms with Crippen LogP contribution >= 0.6 is 11.3 Å². The lowest BCUT2D eigenvalue weighted by molar-refractivity contribution is -0.140. The van der Waals surface area contributed by atoms with Gasteiger partial charge in [-0.2, -0.15) is 0 Å². The van der Waals surface area contributed by atoms with Crippen LogP contribution in [0.15, 0.2) is 35.2 Å². The van der Waals surface area contributed by atoms with Gasteiger partial charge in [0.05, 0.1) is 18.7 Å². The van der Waals surface area contributed by atoms with E-state index in [9.17, 15) is 14.7 Å². The summed E-state index contributed by atoms with van der Waals surface area (Å²) in [5.41, 5.74) is 2.32. The molecule has 1 N–H and O–H groups in total. The minimum atomic E-state index is -0.646. The number of ether oxygens (including phenoxy) is 1. The number of aliphatic hydroxyl groups is 1. The molecular formula is C25H32N2O4S. The average Bonchev–Trinajstić information content (AvgIpc) is 3.25. The molecule has 6 nitrogen and oxygen atoms in total. The second kappa shape index (κ2) is 9.08. The third-order valence-corrected chi connectivity index (χ3v) is 6.83. The van der Waals surface area contributed by atoms with Crippen molar-refractivity contribution in [1.29, 1.82) is 0 Å². The Bertz CT molecular complexity index is 1060. The summed E-state index contributed by atoms with van der Waals surface area (Å²) in [5, 5.41) is 13.3. The van der Waals surface area contributed by atoms with E-state index in [0.29, 0.717) is 24.4 Å². The van der Waals surface area contributed by atoms with Gasteiger partial charge in [0.15, 0.2) is 0 Å². The summed E-state index contributed by atoms with van der Waals surface area (Å²) in [7, 11) is 5.46. The molecule has 3 rings (SSSR count). The van der Waals surface area contributed by atoms with Gasteiger partial charge in [0.2, 0.25) is 0 Å². The SMILES string of the molecule is COc1ccc(/C(O)=C2/C(=O)C(=O)N(CCN(C)C)C2c2sccc2C)cc1C(C)(C)C. The number of hydrogen-bond donors (Lipinski definition) is 1. The number of carbonyl (C=O) groups is 2. The van der Waals surface area contributed by atoms with Gasteiger partial charge in [0.25, 0.3) is 11.7 Å². The smallest absolute Gasteiger partial charge is 0.295 e. The normalized spacial score (nSPS) is 18.6. The molecule has 2 heterocycles. The van der Waals surface area contributed by atoms with Gasteiger partial charge in [-0.15, -0.1) is 11.3 Å². The second-order valence-corrected chi connectivity index (χ2v) is 10.4. The number of methoxy groups -OCH3 is 1. The number of hydrogen-bond acceptors (Lipinski definition) is 6. The maximum atomic E-state index is 13.2. The highest BCUT2D eigenvalue weighted by Gasteiger charge is 2.47. The third-order valence-electron chi connectivity index (χ3n) is 5.76. The van der Waals surface area contributed by atoms with Crippen molar-refractivity contribution in [3.63, 3.8) is 0 Å². The van der Waals surface area contributed by atoms with E-state index in [4.69, 9.17) is 4.74 Å². The van der Waals surface area contributed by atoms with Gasteiger partial charge in [0.1, 0.15) is 11.5 Å². The van der Waals surface area contributed by atoms with Crippen molar-refractivity contribution in [2.45, 2.75) is 39.2 Å². The van der Waals surface area contributed by atoms with Crippen molar-refractivity contribution in [2.24, 2.45) is 0 Å². The Morgan fingerprint density at radius 1 is 1.22 bits per heavy atom. The molecule has 32 heavy (non-hydrogen) atoms. The van der Waals surface area contributed by atoms with E-state index in [2.05, 4.69) is 20.8 Å². The molecule has 1 aliphatic heterocycles. The number of thiophene rings is 1. The maximum absolute atomic E-state index is 13.2. The zero-order chi connectivity index (χ0) is 23.8. The molecule has 0 spiro atoms. The summed E-state index contributed by atoms with van der Waals surface area (Å²) >= 11 is 1.49. The van der Waals surface area contributed by atoms with Crippen LogP contribution in [0.25, 0.3) is 5.76 Å². The van der Waals surface area contributed by atoms with Crippen molar-refractivity contribution in [3.8, 4) is 5.75 Å². The van der Waals surface area contributed by atoms with Gasteiger partial charge in [-0.1, -0.05) is 20.8 Å². The number of amides is 1. The van der Waals surface area contributed by atoms with Crippen LogP contribution in [0.5, 0.6) is 5.75 Å². The number of likely N-dealkylation sites (N-methyl/N-ethyl adjacent to an activating group) is 1. The Hall–Kier alpha value is -2.64. The molecular weight excluding hydrogens is 424 g/mol. The molecule has 1 saturated heterocycles. The first kappa shape index (κ1) is 24.0. The number of nitrogens with zero attached hydrogens (tertiary/aromatic N) is 2. The van der Waals surface area contributed by atoms with E-state index in [1.54, 1.807) is 24.1 Å². The molecule has 2 aromatic rings. The van der Waals surface area contributed by atoms with Crippen LogP contribution < -0.4 is 4.74 Å². The summed E-state index contributed by atoms with van der Waals surface area (Å²) in [6.45, 7) is 9.15. The molecule has 172 valence electrons. The van der Waals surface area contributed by atoms with Crippen LogP contribution in [0.1, 0.15) is 48.4 Å². The lowest BCUT2D eigenvalue weighted by Gasteiger charge is -2.26. The van der Waals surface area contributed by atoms with Crippen LogP contribution in [0.4, 0.5) is 0 Å². The van der Waals surface area contributed by atoms with Gasteiger partial charge in [-0.05, 0) is 61.6 Å². The fourth-order valence-electron chi connectivity index (χ4n) is 3.95. The lowest BCUT2D eigenvalue weighted by atomic mass is 9.84. The number of ketones is 1. The zero-order valence-electron chi connectivity index (χ0n) is 19.9. The van der Waals surface area contributed by atoms with Crippen LogP contribution in [0.2, 0.25) is 0 Å². The fourth-order valence-corrected chi connectivity index (χ4v) is 5.00. The maximum Gasteiger partial charge on any atom is 0.295 e. The van der Waals surface area contributed by atoms with Crippen molar-refractivity contribution >= 4 is 28.8 Å². The Morgan fingerprint density at radius 2 is 1.91 bits per heavy atom. The van der Waals surface area contributed by atoms with Crippen LogP contribution in [-0.4, -0.2) is 60.9 Å². The van der Waals surface area contributed by atoms with Gasteiger partial charge in [-0.25, -0.2) is 0 Å². The molecule has 1 atom stereocenters. The zero-order valence-corrected chi connectivity index (χ0v) is 20.7. The van der Waals surface area contributed by atoms with E-state index in [1.165, 1.54) is 11.3 Å². The highest BCUT2D eigenvalue weighted by Crippen LogP contribution is 2.43. The van der Waals surface area contributed by atoms with Crippen LogP contribution in [0, 0.1) is 6.92 Å². The topological polar surface area (TPSA) is 70.1 Å². The molecule has 0 saturated carbocycles. The number of Topliss-reactive ketones (excluding diaryl/α,β-unsaturated/α-hetero) is 1. The van der Waals surface area contributed by atoms with E-state index in [-0.39, 0.29) is 16.7 Å². The number of benzene rings is 1. The Kier molecular flexibility index (Phi) is 6.81. The average molecular weight is 457 g/mol. The third kappa shape index (κ3) is 4.45. The first-order chi connectivity index (χ1) is 15.0. The van der Waals surface area contributed by atoms with Gasteiger partial charge in [-0.3, -0.25) is 9.59 Å². The quantitative estimate of drug-likeness (QED) is 0.398. The lowest BCUT2D eigenvalue weighted by Crippen LogP contribution is -2.35. The minimum absolute atomic E-state index is 0.143. The molecule has 1 unspecified atom stereocenters. The highest BCUT2D eigenvalue weighted by atomic mass is 32.1. The molecule has 1 aromatic carbocycles. The van der Waals surface area contributed by atoms with Gasteiger partial charge in [0, 0.05) is 29.1 Å². The number of carbonyl (C=O) groups excluding carboxylic acids is 2. The van der Waals surface area contributed by atoms with Gasteiger partial charge < -0.3 is 19.6 Å². The highest BCUT2D eigenvalue weighted by molar-refractivity contribution is 7.10. The number of aliphatic hydroxyl groups excluding tert-OH is 1. The number of likely N-dealkylation sites (tertiary alicyclic amines) is 1. The summed E-state index contributed by atoms with van der Waals surface area (Å²) in [5.74, 6) is -0.657. The Balaban J connectivity index is 2.19. The predicted octanol–water partition coefficient (Wildman–Crippen LogP) is 4.35. The summed E-state index contributed by atoms with van der Waals surface area (Å²) in [6, 6.07) is 6.74. The first-order valence-electron chi connectivity index (χ1n) is 10.6. The van der Waals surface area contributed by atoms with E-state index in [0.717, 1.165) is 16.0 Å². The molecule has 1 amide bonds. The number of rotatable bonds is 6. The molecule has 1 fully saturated rings. The molecule has 1 aliphatic rings. The predicted molar refractivity (Wildman–Crippen MR) is 128 cm³/mol. The van der Waals surface area contributed by atoms with Crippen molar-refractivity contribution < 1.29 is 19.4 Å². The standard InChI is InChI=1S/C25H32N2O4S/c1-15-10-13-32-23(15)20-19(22(29)24(30)27(20)12-11-26(5)6)21(28)16-8-9-18(31-7)17(14-16)25(2,3)4/h8-10,13-14,20,28H,11-12H2,1-7H3/b21-19-. The van der Waals surface area contributed by atoms with Crippen molar-refractivity contribution in [2.75, 3.05) is 34.3 Å². The van der Waals surface area contributed by atoms with Crippen LogP contribution in [-0.2, 0) is 15.0 Å². The summed E-state index contributed by atoms with van der Waals surface area (Å²) < 4.78 is 5.51. The minimum Gasteiger partial charge on any atom is -0.507 e. The molecule has 0 radical (unpaired) electrons. The molecule has 7 heteroatoms. The largest absolute Gasteiger partial charge is 0.507 e. The molecule has 0 bridgehead atoms. The Labute approximate surface area is 194 Å². The van der Waals surface area contributed by atoms with Crippen molar-refractivity contribution in [3.05, 3.63) is 56.8 Å². The monoisotopic (exact) mass is 456 g/mol. The van der Waals surface area contributed by atoms with Crippen molar-refractivity contribution in [1.82, 2.24) is 9.80 Å². The molecule has 0 aliphatic carbocycles. The molecule has 1 aromatic heterocycles. The van der Waals surface area contributed by atoms with E-state index < -0.39 is 17.7 Å². The number of aryl methyl sites for hydroxylation is 1. The summed E-state index contributed by atoms with van der Waals surface area (Å²) in [4.78, 5) is 30.6. The summed E-state index contributed by atoms with van der Waals surface area (Å²) in [6.07, 6.45) is 0. The second-order valence-electron chi connectivity index (χ2n) is 9.43.